The van der Waals surface area contributed by atoms with Crippen molar-refractivity contribution in [1.29, 1.82) is 0 Å². The third-order valence-electron chi connectivity index (χ3n) is 6.00. The summed E-state index contributed by atoms with van der Waals surface area (Å²) in [7, 11) is 0. The number of hydrogen-bond donors (Lipinski definition) is 3. The topological polar surface area (TPSA) is 111 Å². The van der Waals surface area contributed by atoms with Gasteiger partial charge in [0.15, 0.2) is 11.6 Å². The van der Waals surface area contributed by atoms with E-state index in [1.54, 1.807) is 12.1 Å². The van der Waals surface area contributed by atoms with E-state index in [1.165, 1.54) is 17.3 Å². The Morgan fingerprint density at radius 1 is 1.17 bits per heavy atom. The summed E-state index contributed by atoms with van der Waals surface area (Å²) in [5, 5.41) is 10.2. The van der Waals surface area contributed by atoms with E-state index in [2.05, 4.69) is 22.7 Å². The third kappa shape index (κ3) is 4.42. The van der Waals surface area contributed by atoms with Crippen LogP contribution >= 0.6 is 0 Å². The van der Waals surface area contributed by atoms with Crippen LogP contribution < -0.4 is 21.1 Å². The fourth-order valence-electron chi connectivity index (χ4n) is 3.90. The molecule has 1 aromatic heterocycles. The number of ether oxygens (including phenoxy) is 1. The number of nitrogens with zero attached hydrogens (tertiary/aromatic N) is 2. The molecule has 4 rings (SSSR count). The van der Waals surface area contributed by atoms with Gasteiger partial charge in [-0.25, -0.2) is 9.48 Å². The molecule has 0 radical (unpaired) electrons. The quantitative estimate of drug-likeness (QED) is 0.699. The lowest BCUT2D eigenvalue weighted by Crippen LogP contribution is -2.42. The Hall–Kier alpha value is -3.03. The monoisotopic (exact) mass is 411 g/mol. The molecule has 0 saturated heterocycles. The summed E-state index contributed by atoms with van der Waals surface area (Å²) in [6.45, 7) is 4.06. The zero-order chi connectivity index (χ0) is 21.3. The highest BCUT2D eigenvalue weighted by molar-refractivity contribution is 5.95. The molecule has 8 nitrogen and oxygen atoms in total. The molecule has 2 amide bonds. The molecular weight excluding hydrogens is 382 g/mol. The van der Waals surface area contributed by atoms with E-state index in [0.717, 1.165) is 37.7 Å². The number of rotatable bonds is 5. The van der Waals surface area contributed by atoms with Crippen LogP contribution in [0.3, 0.4) is 0 Å². The molecule has 8 heteroatoms. The van der Waals surface area contributed by atoms with Gasteiger partial charge in [0.25, 0.3) is 5.91 Å². The van der Waals surface area contributed by atoms with Gasteiger partial charge in [-0.1, -0.05) is 25.8 Å². The van der Waals surface area contributed by atoms with Gasteiger partial charge in [-0.3, -0.25) is 4.79 Å². The predicted octanol–water partition coefficient (Wildman–Crippen LogP) is 3.32. The van der Waals surface area contributed by atoms with Gasteiger partial charge >= 0.3 is 6.09 Å². The zero-order valence-corrected chi connectivity index (χ0v) is 17.5. The summed E-state index contributed by atoms with van der Waals surface area (Å²) in [4.78, 5) is 24.8. The Morgan fingerprint density at radius 3 is 2.67 bits per heavy atom. The maximum Gasteiger partial charge on any atom is 0.413 e. The molecule has 0 spiro atoms. The van der Waals surface area contributed by atoms with Crippen molar-refractivity contribution in [3.63, 3.8) is 0 Å². The van der Waals surface area contributed by atoms with Gasteiger partial charge in [0, 0.05) is 17.6 Å². The van der Waals surface area contributed by atoms with Crippen LogP contribution in [0.25, 0.3) is 5.69 Å². The first-order valence-corrected chi connectivity index (χ1v) is 10.7. The third-order valence-corrected chi connectivity index (χ3v) is 6.00. The van der Waals surface area contributed by atoms with Crippen molar-refractivity contribution in [2.75, 3.05) is 5.73 Å². The van der Waals surface area contributed by atoms with E-state index in [1.807, 2.05) is 13.0 Å². The fourth-order valence-corrected chi connectivity index (χ4v) is 3.90. The lowest BCUT2D eigenvalue weighted by Gasteiger charge is -2.28. The lowest BCUT2D eigenvalue weighted by atomic mass is 9.86. The van der Waals surface area contributed by atoms with E-state index in [4.69, 9.17) is 10.5 Å². The average Bonchev–Trinajstić information content (AvgIpc) is 3.47. The van der Waals surface area contributed by atoms with Gasteiger partial charge in [0.1, 0.15) is 0 Å². The van der Waals surface area contributed by atoms with Crippen LogP contribution in [0, 0.1) is 12.8 Å². The predicted molar refractivity (Wildman–Crippen MR) is 114 cm³/mol. The minimum absolute atomic E-state index is 0.109. The van der Waals surface area contributed by atoms with Crippen LogP contribution in [0.2, 0.25) is 0 Å². The minimum atomic E-state index is -0.519. The molecule has 2 unspecified atom stereocenters. The number of nitrogens with one attached hydrogen (secondary N) is 2. The lowest BCUT2D eigenvalue weighted by molar-refractivity contribution is 0.0951. The first kappa shape index (κ1) is 20.3. The molecule has 2 fully saturated rings. The normalized spacial score (nSPS) is 21.1. The average molecular weight is 412 g/mol. The maximum absolute atomic E-state index is 12.4. The SMILES string of the molecule is Cc1ccc(C(=O)NC2CC2)cc1-n1ncc(OC(=O)NC2CCCCC2C)c1N. The summed E-state index contributed by atoms with van der Waals surface area (Å²) < 4.78 is 6.93. The second kappa shape index (κ2) is 8.38. The van der Waals surface area contributed by atoms with Crippen molar-refractivity contribution in [1.82, 2.24) is 20.4 Å². The maximum atomic E-state index is 12.4. The molecular formula is C22H29N5O3. The number of carbonyl (C=O) groups excluding carboxylic acids is 2. The van der Waals surface area contributed by atoms with Crippen molar-refractivity contribution in [3.8, 4) is 11.4 Å². The van der Waals surface area contributed by atoms with Crippen LogP contribution in [-0.4, -0.2) is 33.9 Å². The molecule has 2 aliphatic carbocycles. The van der Waals surface area contributed by atoms with E-state index in [9.17, 15) is 9.59 Å². The number of hydrogen-bond acceptors (Lipinski definition) is 5. The smallest absolute Gasteiger partial charge is 0.405 e. The van der Waals surface area contributed by atoms with Crippen molar-refractivity contribution in [2.24, 2.45) is 5.92 Å². The van der Waals surface area contributed by atoms with E-state index >= 15 is 0 Å². The number of aryl methyl sites for hydroxylation is 1. The van der Waals surface area contributed by atoms with Crippen molar-refractivity contribution < 1.29 is 14.3 Å². The van der Waals surface area contributed by atoms with E-state index in [0.29, 0.717) is 17.2 Å². The number of nitrogens with two attached hydrogens (primary N) is 1. The van der Waals surface area contributed by atoms with Crippen molar-refractivity contribution >= 4 is 17.8 Å². The molecule has 160 valence electrons. The standard InChI is InChI=1S/C22H29N5O3/c1-13-5-3-4-6-17(13)26-22(29)30-19-12-24-27(20(19)23)18-11-15(8-7-14(18)2)21(28)25-16-9-10-16/h7-8,11-13,16-17H,3-6,9-10,23H2,1-2H3,(H,25,28)(H,26,29). The summed E-state index contributed by atoms with van der Waals surface area (Å²) in [5.41, 5.74) is 8.35. The van der Waals surface area contributed by atoms with Crippen LogP contribution in [0.15, 0.2) is 24.4 Å². The van der Waals surface area contributed by atoms with Gasteiger partial charge in [-0.15, -0.1) is 0 Å². The van der Waals surface area contributed by atoms with Crippen LogP contribution in [-0.2, 0) is 0 Å². The molecule has 2 aromatic rings. The highest BCUT2D eigenvalue weighted by Crippen LogP contribution is 2.28. The van der Waals surface area contributed by atoms with Gasteiger partial charge in [0.05, 0.1) is 11.9 Å². The van der Waals surface area contributed by atoms with Crippen LogP contribution in [0.5, 0.6) is 5.75 Å². The second-order valence-electron chi connectivity index (χ2n) is 8.46. The molecule has 2 atom stereocenters. The summed E-state index contributed by atoms with van der Waals surface area (Å²) >= 11 is 0. The number of benzene rings is 1. The van der Waals surface area contributed by atoms with Crippen LogP contribution in [0.4, 0.5) is 10.6 Å². The molecule has 2 saturated carbocycles. The second-order valence-corrected chi connectivity index (χ2v) is 8.46. The number of amides is 2. The first-order chi connectivity index (χ1) is 14.4. The molecule has 0 bridgehead atoms. The van der Waals surface area contributed by atoms with Gasteiger partial charge in [-0.2, -0.15) is 5.10 Å². The summed E-state index contributed by atoms with van der Waals surface area (Å²) in [6, 6.07) is 5.79. The van der Waals surface area contributed by atoms with Gasteiger partial charge < -0.3 is 21.1 Å². The largest absolute Gasteiger partial charge is 0.413 e. The van der Waals surface area contributed by atoms with E-state index < -0.39 is 6.09 Å². The Kier molecular flexibility index (Phi) is 5.65. The highest BCUT2D eigenvalue weighted by Gasteiger charge is 2.26. The fraction of sp³-hybridized carbons (Fsp3) is 0.500. The van der Waals surface area contributed by atoms with Crippen molar-refractivity contribution in [2.45, 2.75) is 64.5 Å². The number of nitrogen functional groups attached to an aromatic ring is 1. The Morgan fingerprint density at radius 2 is 1.93 bits per heavy atom. The van der Waals surface area contributed by atoms with Crippen molar-refractivity contribution in [3.05, 3.63) is 35.5 Å². The molecule has 1 heterocycles. The molecule has 2 aliphatic rings. The molecule has 0 aliphatic heterocycles. The first-order valence-electron chi connectivity index (χ1n) is 10.7. The Bertz CT molecular complexity index is 950. The van der Waals surface area contributed by atoms with Gasteiger partial charge in [0.2, 0.25) is 0 Å². The Labute approximate surface area is 176 Å². The van der Waals surface area contributed by atoms with Gasteiger partial charge in [-0.05, 0) is 56.2 Å². The molecule has 1 aromatic carbocycles. The van der Waals surface area contributed by atoms with E-state index in [-0.39, 0.29) is 29.6 Å². The molecule has 30 heavy (non-hydrogen) atoms. The Balaban J connectivity index is 1.48. The summed E-state index contributed by atoms with van der Waals surface area (Å²) in [5.74, 6) is 0.730. The number of carbonyl (C=O) groups is 2. The summed E-state index contributed by atoms with van der Waals surface area (Å²) in [6.07, 6.45) is 7.33. The number of aromatic nitrogens is 2. The molecule has 4 N–H and O–H groups in total. The van der Waals surface area contributed by atoms with Crippen LogP contribution in [0.1, 0.15) is 61.4 Å². The number of anilines is 1. The zero-order valence-electron chi connectivity index (χ0n) is 17.5. The highest BCUT2D eigenvalue weighted by atomic mass is 16.6. The minimum Gasteiger partial charge on any atom is -0.405 e.